The van der Waals surface area contributed by atoms with Crippen LogP contribution in [-0.4, -0.2) is 3.21 Å². The molecule has 0 radical (unpaired) electrons. The van der Waals surface area contributed by atoms with Crippen molar-refractivity contribution in [2.24, 2.45) is 0 Å². The van der Waals surface area contributed by atoms with Gasteiger partial charge in [-0.05, 0) is 17.4 Å². The summed E-state index contributed by atoms with van der Waals surface area (Å²) in [5.74, 6) is 0. The molecule has 0 amide bonds. The van der Waals surface area contributed by atoms with Crippen LogP contribution in [-0.2, 0) is 41.5 Å². The van der Waals surface area contributed by atoms with E-state index in [0.717, 1.165) is 12.8 Å². The Morgan fingerprint density at radius 3 is 1.87 bits per heavy atom. The van der Waals surface area contributed by atoms with Crippen molar-refractivity contribution < 1.29 is 49.0 Å². The molecule has 38 heavy (non-hydrogen) atoms. The van der Waals surface area contributed by atoms with E-state index in [9.17, 15) is 0 Å². The zero-order chi connectivity index (χ0) is 26.8. The van der Waals surface area contributed by atoms with Crippen LogP contribution in [0.1, 0.15) is 123 Å². The zero-order valence-electron chi connectivity index (χ0n) is 25.0. The Balaban J connectivity index is 0.000000676. The predicted octanol–water partition coefficient (Wildman–Crippen LogP) is 4.05. The van der Waals surface area contributed by atoms with E-state index in [0.29, 0.717) is 0 Å². The fourth-order valence-electron chi connectivity index (χ4n) is 4.23. The molecule has 0 nitrogen and oxygen atoms in total. The van der Waals surface area contributed by atoms with Gasteiger partial charge in [-0.3, -0.25) is 6.08 Å². The van der Waals surface area contributed by atoms with Gasteiger partial charge in [0, 0.05) is 0 Å². The summed E-state index contributed by atoms with van der Waals surface area (Å²) in [7, 11) is 0. The van der Waals surface area contributed by atoms with Gasteiger partial charge in [-0.15, -0.1) is 12.0 Å². The second kappa shape index (κ2) is 17.8. The van der Waals surface area contributed by atoms with Crippen molar-refractivity contribution in [3.63, 3.8) is 0 Å². The molecule has 3 heteroatoms. The van der Waals surface area contributed by atoms with Crippen LogP contribution in [0.2, 0.25) is 0 Å². The van der Waals surface area contributed by atoms with Gasteiger partial charge in [-0.2, -0.15) is 35.4 Å². The summed E-state index contributed by atoms with van der Waals surface area (Å²) < 4.78 is 1.79. The van der Waals surface area contributed by atoms with Crippen LogP contribution in [0, 0.1) is 12.1 Å². The van der Waals surface area contributed by atoms with Gasteiger partial charge in [0.05, 0.1) is 0 Å². The summed E-state index contributed by atoms with van der Waals surface area (Å²) in [5, 5.41) is 0. The molecule has 0 heterocycles. The maximum Gasteiger partial charge on any atom is -0.109 e. The fraction of sp³-hybridized carbons (Fsp3) is 0.514. The van der Waals surface area contributed by atoms with Gasteiger partial charge in [0.2, 0.25) is 0 Å². The van der Waals surface area contributed by atoms with Crippen LogP contribution >= 0.6 is 0 Å². The Labute approximate surface area is 262 Å². The van der Waals surface area contributed by atoms with Gasteiger partial charge in [-0.25, -0.2) is 12.2 Å². The third-order valence-electron chi connectivity index (χ3n) is 6.78. The van der Waals surface area contributed by atoms with Gasteiger partial charge in [0.25, 0.3) is 0 Å². The first-order chi connectivity index (χ1) is 17.0. The molecule has 0 atom stereocenters. The topological polar surface area (TPSA) is 0 Å². The Kier molecular flexibility index (Phi) is 17.5. The Morgan fingerprint density at radius 2 is 1.42 bits per heavy atom. The summed E-state index contributed by atoms with van der Waals surface area (Å²) in [6, 6.07) is 15.1. The monoisotopic (exact) mass is 628 g/mol. The van der Waals surface area contributed by atoms with E-state index in [1.807, 2.05) is 12.2 Å². The normalized spacial score (nSPS) is 12.7. The van der Waals surface area contributed by atoms with Gasteiger partial charge in [0.1, 0.15) is 0 Å². The molecule has 208 valence electrons. The number of benzene rings is 2. The molecular formula is C35H48Cl2Zr-2. The molecule has 0 aromatic heterocycles. The Bertz CT molecular complexity index is 967. The fourth-order valence-corrected chi connectivity index (χ4v) is 5.10. The van der Waals surface area contributed by atoms with Crippen molar-refractivity contribution >= 4 is 3.21 Å². The molecular weight excluding hydrogens is 583 g/mol. The third-order valence-corrected chi connectivity index (χ3v) is 8.01. The van der Waals surface area contributed by atoms with Crippen molar-refractivity contribution in [1.82, 2.24) is 0 Å². The number of hydrogen-bond acceptors (Lipinski definition) is 0. The van der Waals surface area contributed by atoms with Crippen LogP contribution in [0.4, 0.5) is 0 Å². The summed E-state index contributed by atoms with van der Waals surface area (Å²) in [4.78, 5) is 0. The molecule has 0 saturated carbocycles. The molecule has 2 aromatic carbocycles. The smallest absolute Gasteiger partial charge is 0.109 e. The minimum atomic E-state index is 0. The van der Waals surface area contributed by atoms with E-state index in [-0.39, 0.29) is 35.6 Å². The zero-order valence-corrected chi connectivity index (χ0v) is 29.0. The number of allylic oxidation sites excluding steroid dienone is 4. The van der Waals surface area contributed by atoms with Crippen molar-refractivity contribution in [3.8, 4) is 11.1 Å². The maximum atomic E-state index is 3.53. The first-order valence-corrected chi connectivity index (χ1v) is 15.2. The molecule has 0 fully saturated rings. The molecule has 2 aliphatic rings. The Hall–Kier alpha value is -0.747. The van der Waals surface area contributed by atoms with E-state index in [1.165, 1.54) is 71.9 Å². The van der Waals surface area contributed by atoms with Gasteiger partial charge in [-0.1, -0.05) is 76.3 Å². The number of hydrogen-bond donors (Lipinski definition) is 0. The van der Waals surface area contributed by atoms with Crippen LogP contribution in [0.15, 0.2) is 48.6 Å². The summed E-state index contributed by atoms with van der Waals surface area (Å²) in [6.45, 7) is 18.2. The van der Waals surface area contributed by atoms with Crippen LogP contribution < -0.4 is 24.8 Å². The van der Waals surface area contributed by atoms with E-state index in [2.05, 4.69) is 104 Å². The number of rotatable bonds is 6. The van der Waals surface area contributed by atoms with E-state index >= 15 is 0 Å². The number of halogens is 2. The molecule has 0 N–H and O–H groups in total. The molecule has 0 bridgehead atoms. The second-order valence-corrected chi connectivity index (χ2v) is 13.9. The molecule has 0 saturated heterocycles. The minimum absolute atomic E-state index is 0. The van der Waals surface area contributed by atoms with Gasteiger partial charge >= 0.3 is 79.8 Å². The van der Waals surface area contributed by atoms with E-state index in [4.69, 9.17) is 0 Å². The standard InChI is InChI=1S/C21H25.C9H18.C5H5.2ClH.Zr/c1-20(2,3)16-9-7-14-11-15-8-10-17(21(4,5)6)13-19(15)18(14)12-16;1-3-5-7-9-8-6-4-2;1-2-4-5-3-1;;;/h7,9-10,12-13H,11H2,1-6H3;3-8H2,1-2H3;1-3H,4H2;2*1H;/q-1;;-1;;;+2/p-2. The number of fused-ring (bicyclic) bond motifs is 3. The Morgan fingerprint density at radius 1 is 0.842 bits per heavy atom. The van der Waals surface area contributed by atoms with Crippen molar-refractivity contribution in [2.45, 2.75) is 118 Å². The largest absolute Gasteiger partial charge is 1.00 e. The molecule has 0 aliphatic heterocycles. The van der Waals surface area contributed by atoms with Crippen LogP contribution in [0.3, 0.4) is 0 Å². The second-order valence-electron chi connectivity index (χ2n) is 12.1. The molecule has 0 spiro atoms. The molecule has 4 rings (SSSR count). The average molecular weight is 631 g/mol. The quantitative estimate of drug-likeness (QED) is 0.361. The predicted molar refractivity (Wildman–Crippen MR) is 157 cm³/mol. The van der Waals surface area contributed by atoms with Crippen molar-refractivity contribution in [3.05, 3.63) is 83.0 Å². The number of unbranched alkanes of at least 4 members (excludes halogenated alkanes) is 2. The van der Waals surface area contributed by atoms with Gasteiger partial charge < -0.3 is 24.8 Å². The van der Waals surface area contributed by atoms with E-state index < -0.39 is 0 Å². The molecule has 0 unspecified atom stereocenters. The first kappa shape index (κ1) is 37.3. The van der Waals surface area contributed by atoms with Crippen molar-refractivity contribution in [2.75, 3.05) is 0 Å². The van der Waals surface area contributed by atoms with E-state index in [1.54, 1.807) is 27.4 Å². The molecule has 2 aromatic rings. The van der Waals surface area contributed by atoms with Crippen LogP contribution in [0.25, 0.3) is 11.1 Å². The molecule has 2 aliphatic carbocycles. The summed E-state index contributed by atoms with van der Waals surface area (Å²) >= 11 is 1.67. The first-order valence-electron chi connectivity index (χ1n) is 13.9. The van der Waals surface area contributed by atoms with Crippen LogP contribution in [0.5, 0.6) is 0 Å². The third kappa shape index (κ3) is 12.2. The minimum Gasteiger partial charge on any atom is -1.00 e. The average Bonchev–Trinajstić information content (AvgIpc) is 3.51. The SMILES string of the molecule is CC(C)(C)c1c[c-]c2c(c1)-c1cc(C(C)(C)C)ccc1C2.CCCC[C](=[Zr+2])CCCC.[C-]1=CC=CC1.[Cl-].[Cl-]. The summed E-state index contributed by atoms with van der Waals surface area (Å²) in [6.07, 6.45) is 19.3. The summed E-state index contributed by atoms with van der Waals surface area (Å²) in [5.41, 5.74) is 8.76. The van der Waals surface area contributed by atoms with Crippen molar-refractivity contribution in [1.29, 1.82) is 0 Å². The van der Waals surface area contributed by atoms with Gasteiger partial charge in [0.15, 0.2) is 0 Å². The maximum absolute atomic E-state index is 3.53.